The fourth-order valence-corrected chi connectivity index (χ4v) is 3.63. The fraction of sp³-hybridized carbons (Fsp3) is 0.846. The Hall–Kier alpha value is -0.110. The van der Waals surface area contributed by atoms with Crippen LogP contribution in [-0.2, 0) is 4.74 Å². The van der Waals surface area contributed by atoms with E-state index in [9.17, 15) is 0 Å². The van der Waals surface area contributed by atoms with Crippen molar-refractivity contribution in [2.24, 2.45) is 0 Å². The van der Waals surface area contributed by atoms with E-state index in [0.717, 1.165) is 11.9 Å². The maximum atomic E-state index is 5.66. The molecule has 1 atom stereocenters. The Morgan fingerprint density at radius 3 is 2.80 bits per heavy atom. The second-order valence-corrected chi connectivity index (χ2v) is 6.04. The van der Waals surface area contributed by atoms with Crippen molar-refractivity contribution >= 4 is 11.8 Å². The quantitative estimate of drug-likeness (QED) is 0.526. The van der Waals surface area contributed by atoms with Gasteiger partial charge in [0.2, 0.25) is 0 Å². The molecular formula is C13H22OS. The third-order valence-corrected chi connectivity index (χ3v) is 4.79. The summed E-state index contributed by atoms with van der Waals surface area (Å²) >= 11 is 2.13. The van der Waals surface area contributed by atoms with Crippen LogP contribution < -0.4 is 0 Å². The van der Waals surface area contributed by atoms with E-state index in [1.54, 1.807) is 5.57 Å². The molecule has 0 aromatic rings. The molecule has 1 heterocycles. The predicted octanol–water partition coefficient (Wildman–Crippen LogP) is 4.14. The highest BCUT2D eigenvalue weighted by Crippen LogP contribution is 2.28. The highest BCUT2D eigenvalue weighted by molar-refractivity contribution is 8.00. The average molecular weight is 226 g/mol. The van der Waals surface area contributed by atoms with Crippen molar-refractivity contribution in [3.8, 4) is 0 Å². The van der Waals surface area contributed by atoms with Crippen LogP contribution in [-0.4, -0.2) is 17.6 Å². The summed E-state index contributed by atoms with van der Waals surface area (Å²) in [6.45, 7) is 0.932. The van der Waals surface area contributed by atoms with Gasteiger partial charge in [0.15, 0.2) is 0 Å². The van der Waals surface area contributed by atoms with Gasteiger partial charge in [-0.25, -0.2) is 0 Å². The summed E-state index contributed by atoms with van der Waals surface area (Å²) in [5.41, 5.74) is 1.54. The molecule has 0 N–H and O–H groups in total. The number of allylic oxidation sites excluding steroid dienone is 1. The lowest BCUT2D eigenvalue weighted by Gasteiger charge is -2.14. The number of hydrogen-bond acceptors (Lipinski definition) is 2. The van der Waals surface area contributed by atoms with Gasteiger partial charge in [0.05, 0.1) is 12.9 Å². The van der Waals surface area contributed by atoms with Crippen molar-refractivity contribution in [3.63, 3.8) is 0 Å². The first kappa shape index (κ1) is 11.4. The molecule has 1 nitrogen and oxygen atoms in total. The maximum Gasteiger partial charge on any atom is 0.0883 e. The number of hydrogen-bond donors (Lipinski definition) is 0. The molecule has 0 aromatic heterocycles. The number of rotatable bonds is 4. The second-order valence-electron chi connectivity index (χ2n) is 4.63. The van der Waals surface area contributed by atoms with Crippen molar-refractivity contribution in [1.82, 2.24) is 0 Å². The van der Waals surface area contributed by atoms with Gasteiger partial charge in [0.1, 0.15) is 0 Å². The van der Waals surface area contributed by atoms with Gasteiger partial charge in [0, 0.05) is 5.25 Å². The van der Waals surface area contributed by atoms with Crippen molar-refractivity contribution in [3.05, 3.63) is 11.8 Å². The van der Waals surface area contributed by atoms with Crippen LogP contribution in [0.5, 0.6) is 0 Å². The molecule has 1 unspecified atom stereocenters. The van der Waals surface area contributed by atoms with E-state index in [-0.39, 0.29) is 0 Å². The largest absolute Gasteiger partial charge is 0.501 e. The summed E-state index contributed by atoms with van der Waals surface area (Å²) in [6.07, 6.45) is 12.8. The van der Waals surface area contributed by atoms with Gasteiger partial charge in [-0.05, 0) is 56.3 Å². The third-order valence-electron chi connectivity index (χ3n) is 3.33. The molecule has 1 saturated heterocycles. The normalized spacial score (nSPS) is 26.7. The SMILES string of the molecule is C(OCCC1CCCS1)=C1CCCCC1. The first-order chi connectivity index (χ1) is 7.45. The average Bonchev–Trinajstić information content (AvgIpc) is 2.79. The molecule has 15 heavy (non-hydrogen) atoms. The van der Waals surface area contributed by atoms with E-state index in [4.69, 9.17) is 4.74 Å². The molecule has 2 fully saturated rings. The van der Waals surface area contributed by atoms with Gasteiger partial charge in [-0.2, -0.15) is 11.8 Å². The Kier molecular flexibility index (Phi) is 4.91. The molecule has 2 aliphatic rings. The molecule has 0 amide bonds. The van der Waals surface area contributed by atoms with Gasteiger partial charge in [-0.1, -0.05) is 6.42 Å². The van der Waals surface area contributed by atoms with Crippen LogP contribution in [0, 0.1) is 0 Å². The zero-order valence-electron chi connectivity index (χ0n) is 9.54. The van der Waals surface area contributed by atoms with Crippen LogP contribution in [0.4, 0.5) is 0 Å². The van der Waals surface area contributed by atoms with E-state index in [1.807, 2.05) is 0 Å². The lowest BCUT2D eigenvalue weighted by molar-refractivity contribution is 0.237. The minimum absolute atomic E-state index is 0.884. The zero-order chi connectivity index (χ0) is 10.3. The van der Waals surface area contributed by atoms with Gasteiger partial charge in [-0.15, -0.1) is 0 Å². The summed E-state index contributed by atoms with van der Waals surface area (Å²) < 4.78 is 5.66. The summed E-state index contributed by atoms with van der Waals surface area (Å²) in [6, 6.07) is 0. The molecule has 0 aromatic carbocycles. The number of thioether (sulfide) groups is 1. The van der Waals surface area contributed by atoms with E-state index < -0.39 is 0 Å². The van der Waals surface area contributed by atoms with Crippen LogP contribution in [0.25, 0.3) is 0 Å². The highest BCUT2D eigenvalue weighted by Gasteiger charge is 2.14. The van der Waals surface area contributed by atoms with Crippen molar-refractivity contribution in [2.75, 3.05) is 12.4 Å². The minimum Gasteiger partial charge on any atom is -0.501 e. The monoisotopic (exact) mass is 226 g/mol. The Balaban J connectivity index is 1.56. The third kappa shape index (κ3) is 4.10. The van der Waals surface area contributed by atoms with Crippen LogP contribution in [0.15, 0.2) is 11.8 Å². The molecule has 2 heteroatoms. The Labute approximate surface area is 97.7 Å². The van der Waals surface area contributed by atoms with Gasteiger partial charge >= 0.3 is 0 Å². The molecule has 86 valence electrons. The summed E-state index contributed by atoms with van der Waals surface area (Å²) in [4.78, 5) is 0. The Bertz CT molecular complexity index is 199. The van der Waals surface area contributed by atoms with E-state index in [1.165, 1.54) is 57.1 Å². The first-order valence-electron chi connectivity index (χ1n) is 6.36. The molecule has 1 aliphatic heterocycles. The molecule has 0 spiro atoms. The minimum atomic E-state index is 0.884. The molecular weight excluding hydrogens is 204 g/mol. The van der Waals surface area contributed by atoms with Crippen LogP contribution in [0.2, 0.25) is 0 Å². The van der Waals surface area contributed by atoms with Gasteiger partial charge in [-0.3, -0.25) is 0 Å². The van der Waals surface area contributed by atoms with Crippen molar-refractivity contribution < 1.29 is 4.74 Å². The van der Waals surface area contributed by atoms with E-state index in [0.29, 0.717) is 0 Å². The fourth-order valence-electron chi connectivity index (χ4n) is 2.37. The highest BCUT2D eigenvalue weighted by atomic mass is 32.2. The maximum absolute atomic E-state index is 5.66. The molecule has 2 rings (SSSR count). The van der Waals surface area contributed by atoms with Gasteiger partial charge in [0.25, 0.3) is 0 Å². The standard InChI is InChI=1S/C13H22OS/c1-2-5-12(6-3-1)11-14-9-8-13-7-4-10-15-13/h11,13H,1-10H2. The first-order valence-corrected chi connectivity index (χ1v) is 7.41. The lowest BCUT2D eigenvalue weighted by atomic mass is 9.96. The smallest absolute Gasteiger partial charge is 0.0883 e. The van der Waals surface area contributed by atoms with E-state index >= 15 is 0 Å². The molecule has 0 radical (unpaired) electrons. The van der Waals surface area contributed by atoms with E-state index in [2.05, 4.69) is 18.0 Å². The lowest BCUT2D eigenvalue weighted by Crippen LogP contribution is -2.02. The number of ether oxygens (including phenoxy) is 1. The molecule has 1 aliphatic carbocycles. The Morgan fingerprint density at radius 1 is 1.20 bits per heavy atom. The van der Waals surface area contributed by atoms with Gasteiger partial charge < -0.3 is 4.74 Å². The summed E-state index contributed by atoms with van der Waals surface area (Å²) in [7, 11) is 0. The van der Waals surface area contributed by atoms with Crippen molar-refractivity contribution in [1.29, 1.82) is 0 Å². The van der Waals surface area contributed by atoms with Crippen LogP contribution >= 0.6 is 11.8 Å². The Morgan fingerprint density at radius 2 is 2.07 bits per heavy atom. The van der Waals surface area contributed by atoms with Crippen molar-refractivity contribution in [2.45, 2.75) is 56.6 Å². The second kappa shape index (κ2) is 6.47. The summed E-state index contributed by atoms with van der Waals surface area (Å²) in [5.74, 6) is 1.37. The zero-order valence-corrected chi connectivity index (χ0v) is 10.4. The predicted molar refractivity (Wildman–Crippen MR) is 67.2 cm³/mol. The molecule has 1 saturated carbocycles. The molecule has 0 bridgehead atoms. The van der Waals surface area contributed by atoms with Crippen LogP contribution in [0.3, 0.4) is 0 Å². The summed E-state index contributed by atoms with van der Waals surface area (Å²) in [5, 5.41) is 0.884. The topological polar surface area (TPSA) is 9.23 Å². The van der Waals surface area contributed by atoms with Crippen LogP contribution in [0.1, 0.15) is 51.4 Å².